The van der Waals surface area contributed by atoms with Gasteiger partial charge in [0, 0.05) is 6.61 Å². The number of methoxy groups -OCH3 is 1. The molecule has 0 radical (unpaired) electrons. The van der Waals surface area contributed by atoms with Crippen molar-refractivity contribution < 1.29 is 23.7 Å². The molecule has 2 N–H and O–H groups in total. The van der Waals surface area contributed by atoms with Gasteiger partial charge in [0.05, 0.1) is 19.7 Å². The molecule has 7 heteroatoms. The Morgan fingerprint density at radius 3 is 2.76 bits per heavy atom. The van der Waals surface area contributed by atoms with Gasteiger partial charge in [-0.15, -0.1) is 0 Å². The van der Waals surface area contributed by atoms with Crippen LogP contribution in [-0.2, 0) is 25.0 Å². The van der Waals surface area contributed by atoms with E-state index in [2.05, 4.69) is 9.82 Å². The topological polar surface area (TPSA) is 84.9 Å². The maximum absolute atomic E-state index is 12.4. The molecule has 1 fully saturated rings. The Morgan fingerprint density at radius 1 is 1.48 bits per heavy atom. The van der Waals surface area contributed by atoms with Crippen LogP contribution in [0.25, 0.3) is 0 Å². The fourth-order valence-electron chi connectivity index (χ4n) is 2.46. The molecule has 1 aromatic rings. The second-order valence-electron chi connectivity index (χ2n) is 5.16. The Balaban J connectivity index is 2.08. The predicted octanol–water partition coefficient (Wildman–Crippen LogP) is 2.03. The lowest BCUT2D eigenvalue weighted by molar-refractivity contribution is -0.147. The third-order valence-electron chi connectivity index (χ3n) is 3.38. The predicted molar refractivity (Wildman–Crippen MR) is 77.7 cm³/mol. The van der Waals surface area contributed by atoms with Crippen molar-refractivity contribution in [2.75, 3.05) is 13.7 Å². The molecule has 0 aliphatic carbocycles. The Bertz CT molecular complexity index is 527. The van der Waals surface area contributed by atoms with Crippen LogP contribution in [0.4, 0.5) is 0 Å². The number of rotatable bonds is 6. The van der Waals surface area contributed by atoms with E-state index < -0.39 is 19.2 Å². The van der Waals surface area contributed by atoms with Crippen molar-refractivity contribution in [3.8, 4) is 0 Å². The van der Waals surface area contributed by atoms with E-state index in [1.54, 1.807) is 12.1 Å². The largest absolute Gasteiger partial charge is 0.469 e. The zero-order valence-electron chi connectivity index (χ0n) is 11.9. The molecule has 116 valence electrons. The summed E-state index contributed by atoms with van der Waals surface area (Å²) in [6.45, 7) is 0.454. The highest BCUT2D eigenvalue weighted by Gasteiger charge is 2.42. The summed E-state index contributed by atoms with van der Waals surface area (Å²) in [6, 6.07) is 9.04. The Morgan fingerprint density at radius 2 is 2.19 bits per heavy atom. The van der Waals surface area contributed by atoms with Crippen LogP contribution in [0.5, 0.6) is 0 Å². The van der Waals surface area contributed by atoms with E-state index in [1.165, 1.54) is 7.11 Å². The summed E-state index contributed by atoms with van der Waals surface area (Å²) in [7, 11) is -2.39. The first kappa shape index (κ1) is 16.2. The second-order valence-corrected chi connectivity index (χ2v) is 7.10. The number of benzene rings is 1. The zero-order chi connectivity index (χ0) is 15.3. The second kappa shape index (κ2) is 6.71. The number of esters is 1. The van der Waals surface area contributed by atoms with Crippen molar-refractivity contribution in [1.29, 1.82) is 0 Å². The van der Waals surface area contributed by atoms with Crippen molar-refractivity contribution in [2.45, 2.75) is 31.1 Å². The highest BCUT2D eigenvalue weighted by atomic mass is 31.2. The minimum Gasteiger partial charge on any atom is -0.469 e. The number of nitrogens with one attached hydrogen (secondary N) is 1. The summed E-state index contributed by atoms with van der Waals surface area (Å²) in [5, 5.41) is 2.67. The first-order chi connectivity index (χ1) is 9.95. The standard InChI is InChI=1S/C14H20NO5P/c1-19-13(16)10-14(8-5-9-20-14)15-21(17,18)11-12-6-3-2-4-7-12/h2-4,6-7H,5,8-11H2,1H3,(H2,15,17,18). The van der Waals surface area contributed by atoms with Crippen molar-refractivity contribution in [1.82, 2.24) is 5.09 Å². The van der Waals surface area contributed by atoms with Gasteiger partial charge in [0.25, 0.3) is 7.52 Å². The highest BCUT2D eigenvalue weighted by Crippen LogP contribution is 2.45. The summed E-state index contributed by atoms with van der Waals surface area (Å²) in [4.78, 5) is 21.7. The molecule has 1 heterocycles. The molecular formula is C14H20NO5P. The lowest BCUT2D eigenvalue weighted by atomic mass is 10.1. The summed E-state index contributed by atoms with van der Waals surface area (Å²) < 4.78 is 22.6. The number of ether oxygens (including phenoxy) is 2. The van der Waals surface area contributed by atoms with Gasteiger partial charge in [0.2, 0.25) is 0 Å². The van der Waals surface area contributed by atoms with Crippen LogP contribution in [0.1, 0.15) is 24.8 Å². The molecule has 6 nitrogen and oxygen atoms in total. The van der Waals surface area contributed by atoms with Gasteiger partial charge < -0.3 is 14.4 Å². The molecule has 2 atom stereocenters. The van der Waals surface area contributed by atoms with Gasteiger partial charge in [-0.2, -0.15) is 0 Å². The SMILES string of the molecule is COC(=O)CC1(NP(=O)(O)Cc2ccccc2)CCCO1. The Kier molecular flexibility index (Phi) is 5.17. The number of hydrogen-bond donors (Lipinski definition) is 2. The molecule has 0 bridgehead atoms. The van der Waals surface area contributed by atoms with E-state index in [-0.39, 0.29) is 12.6 Å². The molecule has 1 aliphatic heterocycles. The van der Waals surface area contributed by atoms with Crippen molar-refractivity contribution in [3.63, 3.8) is 0 Å². The normalized spacial score (nSPS) is 24.5. The van der Waals surface area contributed by atoms with Crippen LogP contribution in [0, 0.1) is 0 Å². The van der Waals surface area contributed by atoms with Gasteiger partial charge in [-0.05, 0) is 18.4 Å². The number of carbonyl (C=O) groups is 1. The average molecular weight is 313 g/mol. The van der Waals surface area contributed by atoms with E-state index in [4.69, 9.17) is 4.74 Å². The van der Waals surface area contributed by atoms with Gasteiger partial charge >= 0.3 is 5.97 Å². The van der Waals surface area contributed by atoms with E-state index in [0.717, 1.165) is 12.0 Å². The van der Waals surface area contributed by atoms with Gasteiger partial charge in [0.1, 0.15) is 5.72 Å². The maximum atomic E-state index is 12.4. The third-order valence-corrected chi connectivity index (χ3v) is 4.93. The van der Waals surface area contributed by atoms with Crippen LogP contribution < -0.4 is 5.09 Å². The third kappa shape index (κ3) is 4.64. The molecule has 0 aromatic heterocycles. The molecule has 2 unspecified atom stereocenters. The fourth-order valence-corrected chi connectivity index (χ4v) is 4.14. The maximum Gasteiger partial charge on any atom is 0.309 e. The van der Waals surface area contributed by atoms with Crippen LogP contribution in [0.15, 0.2) is 30.3 Å². The van der Waals surface area contributed by atoms with E-state index in [1.807, 2.05) is 18.2 Å². The molecule has 0 spiro atoms. The summed E-state index contributed by atoms with van der Waals surface area (Å²) in [5.41, 5.74) is -0.353. The summed E-state index contributed by atoms with van der Waals surface area (Å²) in [6.07, 6.45) is 1.14. The summed E-state index contributed by atoms with van der Waals surface area (Å²) >= 11 is 0. The molecule has 1 saturated heterocycles. The lowest BCUT2D eigenvalue weighted by Gasteiger charge is -2.30. The highest BCUT2D eigenvalue weighted by molar-refractivity contribution is 7.55. The molecular weight excluding hydrogens is 293 g/mol. The van der Waals surface area contributed by atoms with Crippen LogP contribution in [-0.4, -0.2) is 30.3 Å². The van der Waals surface area contributed by atoms with Crippen molar-refractivity contribution in [2.24, 2.45) is 0 Å². The summed E-state index contributed by atoms with van der Waals surface area (Å²) in [5.74, 6) is -0.468. The first-order valence-electron chi connectivity index (χ1n) is 6.81. The minimum absolute atomic E-state index is 0.0138. The number of carbonyl (C=O) groups excluding carboxylic acids is 1. The minimum atomic E-state index is -3.68. The van der Waals surface area contributed by atoms with Gasteiger partial charge in [0.15, 0.2) is 0 Å². The van der Waals surface area contributed by atoms with Crippen molar-refractivity contribution in [3.05, 3.63) is 35.9 Å². The van der Waals surface area contributed by atoms with Crippen LogP contribution in [0.3, 0.4) is 0 Å². The Hall–Kier alpha value is -1.20. The molecule has 21 heavy (non-hydrogen) atoms. The smallest absolute Gasteiger partial charge is 0.309 e. The van der Waals surface area contributed by atoms with Crippen molar-refractivity contribution >= 4 is 13.5 Å². The van der Waals surface area contributed by atoms with Crippen LogP contribution in [0.2, 0.25) is 0 Å². The van der Waals surface area contributed by atoms with Gasteiger partial charge in [-0.25, -0.2) is 5.09 Å². The Labute approximate surface area is 124 Å². The van der Waals surface area contributed by atoms with Gasteiger partial charge in [-0.1, -0.05) is 30.3 Å². The zero-order valence-corrected chi connectivity index (χ0v) is 12.8. The average Bonchev–Trinajstić information content (AvgIpc) is 2.86. The number of hydrogen-bond acceptors (Lipinski definition) is 4. The fraction of sp³-hybridized carbons (Fsp3) is 0.500. The van der Waals surface area contributed by atoms with E-state index >= 15 is 0 Å². The molecule has 0 saturated carbocycles. The van der Waals surface area contributed by atoms with E-state index in [0.29, 0.717) is 13.0 Å². The lowest BCUT2D eigenvalue weighted by Crippen LogP contribution is -2.44. The molecule has 1 aliphatic rings. The molecule has 1 aromatic carbocycles. The van der Waals surface area contributed by atoms with Crippen LogP contribution >= 0.6 is 7.52 Å². The molecule has 0 amide bonds. The quantitative estimate of drug-likeness (QED) is 0.617. The van der Waals surface area contributed by atoms with Gasteiger partial charge in [-0.3, -0.25) is 9.36 Å². The first-order valence-corrected chi connectivity index (χ1v) is 8.65. The monoisotopic (exact) mass is 313 g/mol. The molecule has 2 rings (SSSR count). The van der Waals surface area contributed by atoms with E-state index in [9.17, 15) is 14.3 Å².